The van der Waals surface area contributed by atoms with E-state index in [1.807, 2.05) is 0 Å². The van der Waals surface area contributed by atoms with E-state index in [2.05, 4.69) is 17.2 Å². The number of terminal acetylenes is 2. The van der Waals surface area contributed by atoms with Crippen LogP contribution in [0.15, 0.2) is 0 Å². The van der Waals surface area contributed by atoms with Gasteiger partial charge in [0.15, 0.2) is 0 Å². The standard InChI is InChI=1S/C8H10N2O/c1-3-5-7(9)8(11)10-6-4-2/h1-2,7H,5-6,9H2,(H,10,11)/t7-/m1/s1. The lowest BCUT2D eigenvalue weighted by Crippen LogP contribution is -2.40. The minimum absolute atomic E-state index is 0.192. The summed E-state index contributed by atoms with van der Waals surface area (Å²) in [5.41, 5.74) is 5.35. The predicted octanol–water partition coefficient (Wildman–Crippen LogP) is -0.914. The molecule has 58 valence electrons. The van der Waals surface area contributed by atoms with E-state index < -0.39 is 6.04 Å². The van der Waals surface area contributed by atoms with Gasteiger partial charge >= 0.3 is 0 Å². The molecule has 0 heterocycles. The molecule has 0 radical (unpaired) electrons. The van der Waals surface area contributed by atoms with Crippen molar-refractivity contribution < 1.29 is 4.79 Å². The Hall–Kier alpha value is -1.45. The smallest absolute Gasteiger partial charge is 0.238 e. The maximum Gasteiger partial charge on any atom is 0.238 e. The number of hydrogen-bond donors (Lipinski definition) is 2. The Kier molecular flexibility index (Phi) is 4.64. The summed E-state index contributed by atoms with van der Waals surface area (Å²) in [5, 5.41) is 2.42. The average molecular weight is 150 g/mol. The summed E-state index contributed by atoms with van der Waals surface area (Å²) in [4.78, 5) is 10.9. The zero-order chi connectivity index (χ0) is 8.69. The second-order valence-corrected chi connectivity index (χ2v) is 1.94. The van der Waals surface area contributed by atoms with Gasteiger partial charge in [-0.3, -0.25) is 4.79 Å². The number of hydrogen-bond acceptors (Lipinski definition) is 2. The SMILES string of the molecule is C#CCNC(=O)[C@H](N)CC#C. The van der Waals surface area contributed by atoms with Gasteiger partial charge in [-0.15, -0.1) is 18.8 Å². The Morgan fingerprint density at radius 3 is 2.64 bits per heavy atom. The summed E-state index contributed by atoms with van der Waals surface area (Å²) in [6, 6.07) is -0.645. The van der Waals surface area contributed by atoms with Crippen LogP contribution in [0.1, 0.15) is 6.42 Å². The van der Waals surface area contributed by atoms with Crippen molar-refractivity contribution in [3.05, 3.63) is 0 Å². The zero-order valence-corrected chi connectivity index (χ0v) is 6.13. The largest absolute Gasteiger partial charge is 0.344 e. The Labute approximate surface area is 66.3 Å². The molecule has 3 nitrogen and oxygen atoms in total. The van der Waals surface area contributed by atoms with Crippen molar-refractivity contribution in [2.24, 2.45) is 5.73 Å². The van der Waals surface area contributed by atoms with E-state index in [4.69, 9.17) is 18.6 Å². The van der Waals surface area contributed by atoms with Crippen LogP contribution in [-0.4, -0.2) is 18.5 Å². The number of carbonyl (C=O) groups excluding carboxylic acids is 1. The Balaban J connectivity index is 3.68. The van der Waals surface area contributed by atoms with Gasteiger partial charge in [0.2, 0.25) is 5.91 Å². The van der Waals surface area contributed by atoms with Crippen molar-refractivity contribution in [3.63, 3.8) is 0 Å². The fourth-order valence-electron chi connectivity index (χ4n) is 0.489. The lowest BCUT2D eigenvalue weighted by molar-refractivity contribution is -0.121. The summed E-state index contributed by atoms with van der Waals surface area (Å²) in [7, 11) is 0. The third-order valence-electron chi connectivity index (χ3n) is 1.04. The summed E-state index contributed by atoms with van der Waals surface area (Å²) >= 11 is 0. The molecule has 0 aromatic heterocycles. The third kappa shape index (κ3) is 4.02. The van der Waals surface area contributed by atoms with Crippen LogP contribution in [0.5, 0.6) is 0 Å². The van der Waals surface area contributed by atoms with E-state index in [0.29, 0.717) is 0 Å². The molecule has 0 fully saturated rings. The molecule has 0 bridgehead atoms. The molecule has 0 aromatic carbocycles. The molecule has 0 unspecified atom stereocenters. The van der Waals surface area contributed by atoms with Gasteiger partial charge in [-0.1, -0.05) is 5.92 Å². The summed E-state index contributed by atoms with van der Waals surface area (Å²) in [5.74, 6) is 4.24. The minimum Gasteiger partial charge on any atom is -0.344 e. The van der Waals surface area contributed by atoms with Crippen LogP contribution in [0.25, 0.3) is 0 Å². The molecule has 0 aliphatic heterocycles. The topological polar surface area (TPSA) is 55.1 Å². The maximum absolute atomic E-state index is 10.9. The second kappa shape index (κ2) is 5.34. The predicted molar refractivity (Wildman–Crippen MR) is 43.3 cm³/mol. The molecule has 0 spiro atoms. The van der Waals surface area contributed by atoms with Crippen molar-refractivity contribution >= 4 is 5.91 Å². The van der Waals surface area contributed by atoms with Crippen LogP contribution in [0, 0.1) is 24.7 Å². The van der Waals surface area contributed by atoms with Crippen molar-refractivity contribution in [2.45, 2.75) is 12.5 Å². The Morgan fingerprint density at radius 2 is 2.18 bits per heavy atom. The van der Waals surface area contributed by atoms with Crippen LogP contribution in [-0.2, 0) is 4.79 Å². The molecule has 0 rings (SSSR count). The number of nitrogens with two attached hydrogens (primary N) is 1. The van der Waals surface area contributed by atoms with E-state index >= 15 is 0 Å². The molecule has 0 aliphatic carbocycles. The highest BCUT2D eigenvalue weighted by molar-refractivity contribution is 5.81. The van der Waals surface area contributed by atoms with E-state index in [1.165, 1.54) is 0 Å². The van der Waals surface area contributed by atoms with Gasteiger partial charge in [0.05, 0.1) is 12.6 Å². The van der Waals surface area contributed by atoms with E-state index in [-0.39, 0.29) is 18.9 Å². The van der Waals surface area contributed by atoms with Gasteiger partial charge in [-0.25, -0.2) is 0 Å². The van der Waals surface area contributed by atoms with Crippen LogP contribution in [0.2, 0.25) is 0 Å². The monoisotopic (exact) mass is 150 g/mol. The minimum atomic E-state index is -0.645. The highest BCUT2D eigenvalue weighted by atomic mass is 16.2. The Morgan fingerprint density at radius 1 is 1.55 bits per heavy atom. The molecule has 0 saturated carbocycles. The molecule has 1 atom stereocenters. The molecule has 1 amide bonds. The van der Waals surface area contributed by atoms with Gasteiger partial charge in [0.25, 0.3) is 0 Å². The molecule has 11 heavy (non-hydrogen) atoms. The quantitative estimate of drug-likeness (QED) is 0.511. The second-order valence-electron chi connectivity index (χ2n) is 1.94. The molecular weight excluding hydrogens is 140 g/mol. The van der Waals surface area contributed by atoms with Gasteiger partial charge < -0.3 is 11.1 Å². The van der Waals surface area contributed by atoms with Crippen LogP contribution in [0.3, 0.4) is 0 Å². The van der Waals surface area contributed by atoms with Crippen molar-refractivity contribution in [2.75, 3.05) is 6.54 Å². The van der Waals surface area contributed by atoms with Crippen molar-refractivity contribution in [1.29, 1.82) is 0 Å². The van der Waals surface area contributed by atoms with Crippen molar-refractivity contribution in [3.8, 4) is 24.7 Å². The van der Waals surface area contributed by atoms with E-state index in [0.717, 1.165) is 0 Å². The fraction of sp³-hybridized carbons (Fsp3) is 0.375. The summed E-state index contributed by atoms with van der Waals surface area (Å²) < 4.78 is 0. The number of nitrogens with one attached hydrogen (secondary N) is 1. The maximum atomic E-state index is 10.9. The lowest BCUT2D eigenvalue weighted by atomic mass is 10.2. The first-order chi connectivity index (χ1) is 5.22. The fourth-order valence-corrected chi connectivity index (χ4v) is 0.489. The van der Waals surface area contributed by atoms with Gasteiger partial charge in [0.1, 0.15) is 0 Å². The number of carbonyl (C=O) groups is 1. The molecule has 0 saturated heterocycles. The van der Waals surface area contributed by atoms with Gasteiger partial charge in [0, 0.05) is 6.42 Å². The number of rotatable bonds is 3. The van der Waals surface area contributed by atoms with Crippen molar-refractivity contribution in [1.82, 2.24) is 5.32 Å². The highest BCUT2D eigenvalue weighted by Gasteiger charge is 2.09. The highest BCUT2D eigenvalue weighted by Crippen LogP contribution is 1.84. The zero-order valence-electron chi connectivity index (χ0n) is 6.13. The first-order valence-corrected chi connectivity index (χ1v) is 3.12. The molecule has 0 aromatic rings. The molecule has 3 N–H and O–H groups in total. The normalized spacial score (nSPS) is 10.8. The first kappa shape index (κ1) is 9.55. The molecule has 0 aliphatic rings. The van der Waals surface area contributed by atoms with Crippen LogP contribution >= 0.6 is 0 Å². The average Bonchev–Trinajstić information content (AvgIpc) is 2.00. The van der Waals surface area contributed by atoms with Gasteiger partial charge in [-0.2, -0.15) is 0 Å². The van der Waals surface area contributed by atoms with E-state index in [9.17, 15) is 4.79 Å². The summed E-state index contributed by atoms with van der Waals surface area (Å²) in [6.07, 6.45) is 10.1. The lowest BCUT2D eigenvalue weighted by Gasteiger charge is -2.05. The van der Waals surface area contributed by atoms with E-state index in [1.54, 1.807) is 0 Å². The number of amides is 1. The third-order valence-corrected chi connectivity index (χ3v) is 1.04. The van der Waals surface area contributed by atoms with Crippen LogP contribution < -0.4 is 11.1 Å². The molecule has 3 heteroatoms. The molecular formula is C8H10N2O. The van der Waals surface area contributed by atoms with Gasteiger partial charge in [-0.05, 0) is 0 Å². The summed E-state index contributed by atoms with van der Waals surface area (Å²) in [6.45, 7) is 0.192. The Bertz CT molecular complexity index is 209. The van der Waals surface area contributed by atoms with Crippen LogP contribution in [0.4, 0.5) is 0 Å². The first-order valence-electron chi connectivity index (χ1n) is 3.12.